The summed E-state index contributed by atoms with van der Waals surface area (Å²) < 4.78 is 31.3. The summed E-state index contributed by atoms with van der Waals surface area (Å²) in [7, 11) is -3.55. The van der Waals surface area contributed by atoms with E-state index in [4.69, 9.17) is 4.74 Å². The molecule has 2 fully saturated rings. The molecule has 3 rings (SSSR count). The second kappa shape index (κ2) is 5.19. The van der Waals surface area contributed by atoms with Crippen LogP contribution in [0.4, 0.5) is 0 Å². The second-order valence-corrected chi connectivity index (χ2v) is 6.95. The third kappa shape index (κ3) is 2.72. The molecule has 1 saturated carbocycles. The SMILES string of the molecule is O=C(NC1CC1)c1cc(S(=O)(=O)N2CCOCC2)c[nH]1. The van der Waals surface area contributed by atoms with E-state index in [0.29, 0.717) is 26.3 Å². The molecule has 8 heteroatoms. The van der Waals surface area contributed by atoms with Crippen LogP contribution in [0.1, 0.15) is 23.3 Å². The van der Waals surface area contributed by atoms with Gasteiger partial charge in [-0.1, -0.05) is 0 Å². The predicted octanol–water partition coefficient (Wildman–Crippen LogP) is -0.0722. The first-order valence-corrected chi connectivity index (χ1v) is 8.08. The molecule has 7 nitrogen and oxygen atoms in total. The van der Waals surface area contributed by atoms with E-state index in [1.165, 1.54) is 16.6 Å². The fourth-order valence-electron chi connectivity index (χ4n) is 2.08. The summed E-state index contributed by atoms with van der Waals surface area (Å²) in [5.41, 5.74) is 0.281. The number of amides is 1. The van der Waals surface area contributed by atoms with E-state index in [0.717, 1.165) is 12.8 Å². The highest BCUT2D eigenvalue weighted by Crippen LogP contribution is 2.21. The summed E-state index contributed by atoms with van der Waals surface area (Å²) in [6, 6.07) is 1.63. The molecule has 2 heterocycles. The first-order valence-electron chi connectivity index (χ1n) is 6.64. The molecule has 0 radical (unpaired) electrons. The van der Waals surface area contributed by atoms with Crippen LogP contribution in [0.2, 0.25) is 0 Å². The molecule has 1 aliphatic carbocycles. The molecular weight excluding hydrogens is 282 g/mol. The van der Waals surface area contributed by atoms with Crippen LogP contribution in [0.3, 0.4) is 0 Å². The topological polar surface area (TPSA) is 91.5 Å². The predicted molar refractivity (Wildman–Crippen MR) is 70.9 cm³/mol. The molecule has 0 unspecified atom stereocenters. The molecule has 1 aromatic heterocycles. The second-order valence-electron chi connectivity index (χ2n) is 5.01. The number of nitrogens with one attached hydrogen (secondary N) is 2. The molecule has 0 atom stereocenters. The number of hydrogen-bond acceptors (Lipinski definition) is 4. The largest absolute Gasteiger partial charge is 0.379 e. The number of aromatic amines is 1. The van der Waals surface area contributed by atoms with Crippen LogP contribution in [-0.4, -0.2) is 56.0 Å². The number of rotatable bonds is 4. The van der Waals surface area contributed by atoms with E-state index < -0.39 is 10.0 Å². The molecule has 0 spiro atoms. The Bertz CT molecular complexity index is 600. The number of ether oxygens (including phenoxy) is 1. The van der Waals surface area contributed by atoms with Gasteiger partial charge in [-0.3, -0.25) is 4.79 Å². The van der Waals surface area contributed by atoms with Crippen LogP contribution in [0.15, 0.2) is 17.2 Å². The molecule has 0 bridgehead atoms. The molecule has 2 N–H and O–H groups in total. The minimum atomic E-state index is -3.55. The number of nitrogens with zero attached hydrogens (tertiary/aromatic N) is 1. The van der Waals surface area contributed by atoms with Crippen molar-refractivity contribution in [3.05, 3.63) is 18.0 Å². The van der Waals surface area contributed by atoms with Crippen molar-refractivity contribution in [2.75, 3.05) is 26.3 Å². The Balaban J connectivity index is 1.75. The van der Waals surface area contributed by atoms with Crippen molar-refractivity contribution >= 4 is 15.9 Å². The lowest BCUT2D eigenvalue weighted by Gasteiger charge is -2.25. The number of morpholine rings is 1. The molecule has 1 aromatic rings. The van der Waals surface area contributed by atoms with Crippen molar-refractivity contribution in [1.82, 2.24) is 14.6 Å². The number of aromatic nitrogens is 1. The van der Waals surface area contributed by atoms with E-state index in [1.54, 1.807) is 0 Å². The van der Waals surface area contributed by atoms with Gasteiger partial charge in [-0.05, 0) is 18.9 Å². The van der Waals surface area contributed by atoms with Crippen molar-refractivity contribution < 1.29 is 17.9 Å². The quantitative estimate of drug-likeness (QED) is 0.814. The average Bonchev–Trinajstić information content (AvgIpc) is 3.11. The Morgan fingerprint density at radius 2 is 2.05 bits per heavy atom. The molecule has 110 valence electrons. The van der Waals surface area contributed by atoms with Gasteiger partial charge >= 0.3 is 0 Å². The first kappa shape index (κ1) is 13.6. The number of carbonyl (C=O) groups excluding carboxylic acids is 1. The lowest BCUT2D eigenvalue weighted by Crippen LogP contribution is -2.40. The van der Waals surface area contributed by atoms with Crippen molar-refractivity contribution in [3.63, 3.8) is 0 Å². The summed E-state index contributed by atoms with van der Waals surface area (Å²) in [6.45, 7) is 1.49. The van der Waals surface area contributed by atoms with Gasteiger partial charge in [-0.15, -0.1) is 0 Å². The standard InChI is InChI=1S/C12H17N3O4S/c16-12(14-9-1-2-9)11-7-10(8-13-11)20(17,18)15-3-5-19-6-4-15/h7-9,13H,1-6H2,(H,14,16). The van der Waals surface area contributed by atoms with Crippen LogP contribution in [0, 0.1) is 0 Å². The molecule has 0 aromatic carbocycles. The summed E-state index contributed by atoms with van der Waals surface area (Å²) in [4.78, 5) is 14.7. The van der Waals surface area contributed by atoms with Gasteiger partial charge in [0.25, 0.3) is 5.91 Å². The molecular formula is C12H17N3O4S. The Labute approximate surface area is 117 Å². The maximum absolute atomic E-state index is 12.4. The summed E-state index contributed by atoms with van der Waals surface area (Å²) in [5, 5.41) is 2.82. The average molecular weight is 299 g/mol. The lowest BCUT2D eigenvalue weighted by molar-refractivity contribution is 0.0730. The normalized spacial score (nSPS) is 20.8. The van der Waals surface area contributed by atoms with Gasteiger partial charge in [0.1, 0.15) is 10.6 Å². The highest BCUT2D eigenvalue weighted by Gasteiger charge is 2.29. The Hall–Kier alpha value is -1.38. The zero-order valence-corrected chi connectivity index (χ0v) is 11.8. The van der Waals surface area contributed by atoms with Crippen molar-refractivity contribution in [3.8, 4) is 0 Å². The maximum atomic E-state index is 12.4. The van der Waals surface area contributed by atoms with Gasteiger partial charge in [0, 0.05) is 25.3 Å². The van der Waals surface area contributed by atoms with E-state index in [2.05, 4.69) is 10.3 Å². The minimum absolute atomic E-state index is 0.125. The van der Waals surface area contributed by atoms with E-state index in [9.17, 15) is 13.2 Å². The monoisotopic (exact) mass is 299 g/mol. The van der Waals surface area contributed by atoms with Crippen molar-refractivity contribution in [1.29, 1.82) is 0 Å². The van der Waals surface area contributed by atoms with Crippen molar-refractivity contribution in [2.24, 2.45) is 0 Å². The Morgan fingerprint density at radius 3 is 2.70 bits per heavy atom. The summed E-state index contributed by atoms with van der Waals surface area (Å²) >= 11 is 0. The van der Waals surface area contributed by atoms with Crippen LogP contribution in [0.5, 0.6) is 0 Å². The zero-order chi connectivity index (χ0) is 14.2. The van der Waals surface area contributed by atoms with Crippen LogP contribution in [0.25, 0.3) is 0 Å². The molecule has 1 saturated heterocycles. The molecule has 20 heavy (non-hydrogen) atoms. The van der Waals surface area contributed by atoms with Crippen LogP contribution < -0.4 is 5.32 Å². The van der Waals surface area contributed by atoms with Gasteiger partial charge in [0.2, 0.25) is 10.0 Å². The number of hydrogen-bond donors (Lipinski definition) is 2. The summed E-state index contributed by atoms with van der Waals surface area (Å²) in [6.07, 6.45) is 3.35. The fraction of sp³-hybridized carbons (Fsp3) is 0.583. The first-order chi connectivity index (χ1) is 9.57. The van der Waals surface area contributed by atoms with E-state index in [-0.39, 0.29) is 22.5 Å². The van der Waals surface area contributed by atoms with Crippen LogP contribution >= 0.6 is 0 Å². The lowest BCUT2D eigenvalue weighted by atomic mass is 10.4. The third-order valence-corrected chi connectivity index (χ3v) is 5.30. The minimum Gasteiger partial charge on any atom is -0.379 e. The van der Waals surface area contributed by atoms with Gasteiger partial charge in [0.15, 0.2) is 0 Å². The maximum Gasteiger partial charge on any atom is 0.267 e. The Kier molecular flexibility index (Phi) is 3.53. The van der Waals surface area contributed by atoms with E-state index >= 15 is 0 Å². The van der Waals surface area contributed by atoms with Gasteiger partial charge in [0.05, 0.1) is 13.2 Å². The number of carbonyl (C=O) groups is 1. The highest BCUT2D eigenvalue weighted by molar-refractivity contribution is 7.89. The van der Waals surface area contributed by atoms with Gasteiger partial charge < -0.3 is 15.0 Å². The molecule has 2 aliphatic rings. The zero-order valence-electron chi connectivity index (χ0n) is 11.0. The highest BCUT2D eigenvalue weighted by atomic mass is 32.2. The number of sulfonamides is 1. The van der Waals surface area contributed by atoms with Crippen LogP contribution in [-0.2, 0) is 14.8 Å². The van der Waals surface area contributed by atoms with Gasteiger partial charge in [-0.25, -0.2) is 8.42 Å². The number of H-pyrrole nitrogens is 1. The van der Waals surface area contributed by atoms with Crippen molar-refractivity contribution in [2.45, 2.75) is 23.8 Å². The Morgan fingerprint density at radius 1 is 1.35 bits per heavy atom. The smallest absolute Gasteiger partial charge is 0.267 e. The van der Waals surface area contributed by atoms with Gasteiger partial charge in [-0.2, -0.15) is 4.31 Å². The fourth-order valence-corrected chi connectivity index (χ4v) is 3.48. The molecule has 1 amide bonds. The molecule has 1 aliphatic heterocycles. The summed E-state index contributed by atoms with van der Waals surface area (Å²) in [5.74, 6) is -0.254. The third-order valence-electron chi connectivity index (χ3n) is 3.42. The van der Waals surface area contributed by atoms with E-state index in [1.807, 2.05) is 0 Å².